The third kappa shape index (κ3) is 6.55. The summed E-state index contributed by atoms with van der Waals surface area (Å²) in [6.07, 6.45) is -1.18. The first-order chi connectivity index (χ1) is 16.9. The minimum absolute atomic E-state index is 0.0566. The monoisotopic (exact) mass is 524 g/mol. The van der Waals surface area contributed by atoms with Gasteiger partial charge in [0.25, 0.3) is 0 Å². The van der Waals surface area contributed by atoms with Crippen LogP contribution >= 0.6 is 0 Å². The SMILES string of the molecule is C=CC1CCC(CCc2cc(F)c(C(F)(F)Oc3cc(F)c(OC(F)=C(F)F)c(F)c3)c(F)c2)CC1. The number of hydrogen-bond acceptors (Lipinski definition) is 2. The molecule has 3 rings (SSSR count). The Morgan fingerprint density at radius 1 is 0.889 bits per heavy atom. The molecule has 1 fully saturated rings. The summed E-state index contributed by atoms with van der Waals surface area (Å²) >= 11 is 0. The van der Waals surface area contributed by atoms with Gasteiger partial charge in [0.2, 0.25) is 5.75 Å². The molecular weight excluding hydrogens is 503 g/mol. The van der Waals surface area contributed by atoms with Gasteiger partial charge in [-0.2, -0.15) is 22.0 Å². The summed E-state index contributed by atoms with van der Waals surface area (Å²) in [5, 5.41) is 0. The molecule has 36 heavy (non-hydrogen) atoms. The normalized spacial score (nSPS) is 18.0. The highest BCUT2D eigenvalue weighted by Crippen LogP contribution is 2.38. The van der Waals surface area contributed by atoms with E-state index in [4.69, 9.17) is 0 Å². The Balaban J connectivity index is 1.74. The Labute approximate surface area is 201 Å². The van der Waals surface area contributed by atoms with Crippen LogP contribution < -0.4 is 9.47 Å². The van der Waals surface area contributed by atoms with Gasteiger partial charge in [0.1, 0.15) is 22.9 Å². The smallest absolute Gasteiger partial charge is 0.429 e. The fourth-order valence-corrected chi connectivity index (χ4v) is 4.15. The molecule has 0 unspecified atom stereocenters. The van der Waals surface area contributed by atoms with Gasteiger partial charge in [0, 0.05) is 12.1 Å². The first kappa shape index (κ1) is 27.5. The van der Waals surface area contributed by atoms with Gasteiger partial charge in [-0.25, -0.2) is 17.6 Å². The number of alkyl halides is 2. The number of hydrogen-bond donors (Lipinski definition) is 0. The Bertz CT molecular complexity index is 1090. The number of rotatable bonds is 9. The molecule has 0 saturated heterocycles. The molecule has 1 saturated carbocycles. The van der Waals surface area contributed by atoms with Gasteiger partial charge in [0.05, 0.1) is 0 Å². The standard InChI is InChI=1S/C25H21F9O2/c1-2-13-3-5-14(6-4-13)7-8-15-9-17(26)21(18(27)10-15)25(33,34)36-16-11-19(28)22(20(29)12-16)35-24(32)23(30)31/h2,9-14H,1,3-8H2. The van der Waals surface area contributed by atoms with Crippen LogP contribution in [-0.4, -0.2) is 0 Å². The van der Waals surface area contributed by atoms with Gasteiger partial charge in [-0.3, -0.25) is 0 Å². The van der Waals surface area contributed by atoms with Gasteiger partial charge >= 0.3 is 18.2 Å². The maximum Gasteiger partial charge on any atom is 0.432 e. The molecule has 11 heteroatoms. The molecule has 0 spiro atoms. The zero-order chi connectivity index (χ0) is 26.6. The van der Waals surface area contributed by atoms with Crippen molar-refractivity contribution in [1.29, 1.82) is 0 Å². The predicted molar refractivity (Wildman–Crippen MR) is 112 cm³/mol. The Morgan fingerprint density at radius 3 is 1.94 bits per heavy atom. The first-order valence-corrected chi connectivity index (χ1v) is 11.0. The van der Waals surface area contributed by atoms with Gasteiger partial charge in [-0.05, 0) is 68.1 Å². The molecule has 2 aromatic rings. The third-order valence-corrected chi connectivity index (χ3v) is 6.02. The van der Waals surface area contributed by atoms with Crippen molar-refractivity contribution in [3.8, 4) is 11.5 Å². The van der Waals surface area contributed by atoms with Gasteiger partial charge < -0.3 is 9.47 Å². The van der Waals surface area contributed by atoms with E-state index in [9.17, 15) is 39.5 Å². The van der Waals surface area contributed by atoms with Crippen LogP contribution in [0.3, 0.4) is 0 Å². The maximum atomic E-state index is 14.6. The number of benzene rings is 2. The lowest BCUT2D eigenvalue weighted by molar-refractivity contribution is -0.189. The second-order valence-corrected chi connectivity index (χ2v) is 8.46. The Kier molecular flexibility index (Phi) is 8.63. The summed E-state index contributed by atoms with van der Waals surface area (Å²) < 4.78 is 131. The quantitative estimate of drug-likeness (QED) is 0.186. The maximum absolute atomic E-state index is 14.6. The lowest BCUT2D eigenvalue weighted by Gasteiger charge is -2.26. The molecule has 0 amide bonds. The van der Waals surface area contributed by atoms with Gasteiger partial charge in [-0.15, -0.1) is 6.58 Å². The van der Waals surface area contributed by atoms with Crippen LogP contribution in [0.25, 0.3) is 0 Å². The van der Waals surface area contributed by atoms with Crippen LogP contribution in [0.1, 0.15) is 43.2 Å². The van der Waals surface area contributed by atoms with Gasteiger partial charge in [0.15, 0.2) is 11.6 Å². The van der Waals surface area contributed by atoms with Crippen LogP contribution in [0.15, 0.2) is 49.0 Å². The van der Waals surface area contributed by atoms with E-state index in [-0.39, 0.29) is 24.1 Å². The van der Waals surface area contributed by atoms with Crippen LogP contribution in [0.4, 0.5) is 39.5 Å². The molecule has 2 aromatic carbocycles. The third-order valence-electron chi connectivity index (χ3n) is 6.02. The topological polar surface area (TPSA) is 18.5 Å². The summed E-state index contributed by atoms with van der Waals surface area (Å²) in [4.78, 5) is 0. The fourth-order valence-electron chi connectivity index (χ4n) is 4.15. The van der Waals surface area contributed by atoms with Crippen LogP contribution in [0, 0.1) is 35.1 Å². The van der Waals surface area contributed by atoms with Crippen molar-refractivity contribution >= 4 is 0 Å². The molecule has 0 aliphatic heterocycles. The molecule has 0 bridgehead atoms. The number of halogens is 9. The van der Waals surface area contributed by atoms with E-state index in [1.165, 1.54) is 0 Å². The summed E-state index contributed by atoms with van der Waals surface area (Å²) in [5.41, 5.74) is -1.63. The van der Waals surface area contributed by atoms with Crippen LogP contribution in [-0.2, 0) is 12.5 Å². The molecule has 0 N–H and O–H groups in total. The average Bonchev–Trinajstić information content (AvgIpc) is 2.79. The zero-order valence-corrected chi connectivity index (χ0v) is 18.7. The highest BCUT2D eigenvalue weighted by molar-refractivity contribution is 5.37. The highest BCUT2D eigenvalue weighted by atomic mass is 19.3. The van der Waals surface area contributed by atoms with E-state index in [0.717, 1.165) is 37.8 Å². The molecule has 0 heterocycles. The minimum Gasteiger partial charge on any atom is -0.429 e. The Morgan fingerprint density at radius 2 is 1.44 bits per heavy atom. The number of aryl methyl sites for hydroxylation is 1. The van der Waals surface area contributed by atoms with E-state index in [1.807, 2.05) is 6.08 Å². The molecule has 1 aliphatic rings. The average molecular weight is 524 g/mol. The van der Waals surface area contributed by atoms with Crippen molar-refractivity contribution in [3.05, 3.63) is 83.4 Å². The van der Waals surface area contributed by atoms with E-state index < -0.39 is 58.5 Å². The number of allylic oxidation sites excluding steroid dienone is 1. The van der Waals surface area contributed by atoms with Crippen molar-refractivity contribution in [2.45, 2.75) is 44.6 Å². The summed E-state index contributed by atoms with van der Waals surface area (Å²) in [7, 11) is 0. The molecule has 2 nitrogen and oxygen atoms in total. The van der Waals surface area contributed by atoms with Crippen LogP contribution in [0.5, 0.6) is 11.5 Å². The van der Waals surface area contributed by atoms with E-state index in [1.54, 1.807) is 0 Å². The van der Waals surface area contributed by atoms with Crippen molar-refractivity contribution in [2.75, 3.05) is 0 Å². The van der Waals surface area contributed by atoms with Gasteiger partial charge in [-0.1, -0.05) is 6.08 Å². The molecule has 0 aromatic heterocycles. The van der Waals surface area contributed by atoms with Crippen molar-refractivity contribution in [3.63, 3.8) is 0 Å². The number of ether oxygens (including phenoxy) is 2. The Hall–Kier alpha value is -3.11. The summed E-state index contributed by atoms with van der Waals surface area (Å²) in [6.45, 7) is 3.77. The second kappa shape index (κ2) is 11.3. The van der Waals surface area contributed by atoms with E-state index in [2.05, 4.69) is 16.1 Å². The van der Waals surface area contributed by atoms with Crippen molar-refractivity contribution < 1.29 is 49.0 Å². The summed E-state index contributed by atoms with van der Waals surface area (Å²) in [5.74, 6) is -9.15. The largest absolute Gasteiger partial charge is 0.432 e. The summed E-state index contributed by atoms with van der Waals surface area (Å²) in [6, 6.07) is -1.02. The lowest BCUT2D eigenvalue weighted by atomic mass is 9.79. The van der Waals surface area contributed by atoms with Crippen LogP contribution in [0.2, 0.25) is 0 Å². The first-order valence-electron chi connectivity index (χ1n) is 11.0. The fraction of sp³-hybridized carbons (Fsp3) is 0.360. The molecule has 1 aliphatic carbocycles. The van der Waals surface area contributed by atoms with Crippen molar-refractivity contribution in [1.82, 2.24) is 0 Å². The van der Waals surface area contributed by atoms with E-state index >= 15 is 0 Å². The molecule has 0 atom stereocenters. The van der Waals surface area contributed by atoms with Crippen molar-refractivity contribution in [2.24, 2.45) is 11.8 Å². The zero-order valence-electron chi connectivity index (χ0n) is 18.7. The highest BCUT2D eigenvalue weighted by Gasteiger charge is 2.41. The molecular formula is C25H21F9O2. The second-order valence-electron chi connectivity index (χ2n) is 8.46. The molecule has 0 radical (unpaired) electrons. The molecule has 196 valence electrons. The van der Waals surface area contributed by atoms with E-state index in [0.29, 0.717) is 18.3 Å². The minimum atomic E-state index is -4.72. The lowest BCUT2D eigenvalue weighted by Crippen LogP contribution is -2.25. The predicted octanol–water partition coefficient (Wildman–Crippen LogP) is 8.71.